The van der Waals surface area contributed by atoms with Gasteiger partial charge in [0.15, 0.2) is 5.78 Å². The van der Waals surface area contributed by atoms with Crippen LogP contribution in [0.2, 0.25) is 0 Å². The van der Waals surface area contributed by atoms with Crippen LogP contribution in [-0.2, 0) is 0 Å². The van der Waals surface area contributed by atoms with Crippen molar-refractivity contribution in [2.45, 2.75) is 13.8 Å². The van der Waals surface area contributed by atoms with Gasteiger partial charge in [0.25, 0.3) is 0 Å². The Morgan fingerprint density at radius 1 is 1.11 bits per heavy atom. The standard InChI is InChI=1S/C16H16N2O/c1-12-3-5-14(6-4-12)16(19)11-13(2)18-15-7-9-17-10-8-15/h3-11H,1-2H3,(H,17,18)/b13-11+. The molecule has 0 saturated heterocycles. The quantitative estimate of drug-likeness (QED) is 0.668. The second kappa shape index (κ2) is 5.96. The van der Waals surface area contributed by atoms with Gasteiger partial charge in [-0.2, -0.15) is 0 Å². The number of allylic oxidation sites excluding steroid dienone is 2. The van der Waals surface area contributed by atoms with Gasteiger partial charge < -0.3 is 5.32 Å². The molecule has 0 aliphatic rings. The Kier molecular flexibility index (Phi) is 4.08. The Hall–Kier alpha value is -2.42. The number of carbonyl (C=O) groups is 1. The molecule has 2 aromatic rings. The van der Waals surface area contributed by atoms with Gasteiger partial charge in [-0.3, -0.25) is 9.78 Å². The zero-order chi connectivity index (χ0) is 13.7. The molecule has 3 heteroatoms. The Balaban J connectivity index is 2.08. The molecule has 0 bridgehead atoms. The van der Waals surface area contributed by atoms with Crippen molar-refractivity contribution in [3.05, 3.63) is 71.7 Å². The summed E-state index contributed by atoms with van der Waals surface area (Å²) in [6.07, 6.45) is 5.01. The van der Waals surface area contributed by atoms with E-state index in [0.29, 0.717) is 5.56 Å². The Bertz CT molecular complexity index is 586. The number of hydrogen-bond acceptors (Lipinski definition) is 3. The van der Waals surface area contributed by atoms with Crippen LogP contribution < -0.4 is 5.32 Å². The molecule has 2 rings (SSSR count). The fourth-order valence-electron chi connectivity index (χ4n) is 1.70. The number of benzene rings is 1. The van der Waals surface area contributed by atoms with Crippen LogP contribution in [0.1, 0.15) is 22.8 Å². The van der Waals surface area contributed by atoms with E-state index in [0.717, 1.165) is 16.9 Å². The van der Waals surface area contributed by atoms with E-state index in [1.807, 2.05) is 50.2 Å². The smallest absolute Gasteiger partial charge is 0.187 e. The number of rotatable bonds is 4. The highest BCUT2D eigenvalue weighted by atomic mass is 16.1. The molecule has 1 aromatic carbocycles. The van der Waals surface area contributed by atoms with Gasteiger partial charge in [-0.05, 0) is 26.0 Å². The van der Waals surface area contributed by atoms with E-state index >= 15 is 0 Å². The lowest BCUT2D eigenvalue weighted by Gasteiger charge is -2.05. The van der Waals surface area contributed by atoms with E-state index in [-0.39, 0.29) is 5.78 Å². The lowest BCUT2D eigenvalue weighted by atomic mass is 10.1. The van der Waals surface area contributed by atoms with E-state index in [1.165, 1.54) is 0 Å². The summed E-state index contributed by atoms with van der Waals surface area (Å²) < 4.78 is 0. The molecule has 0 aliphatic heterocycles. The summed E-state index contributed by atoms with van der Waals surface area (Å²) >= 11 is 0. The lowest BCUT2D eigenvalue weighted by molar-refractivity contribution is 0.104. The summed E-state index contributed by atoms with van der Waals surface area (Å²) in [4.78, 5) is 16.0. The maximum absolute atomic E-state index is 12.0. The molecule has 96 valence electrons. The summed E-state index contributed by atoms with van der Waals surface area (Å²) in [6.45, 7) is 3.87. The molecule has 0 unspecified atom stereocenters. The summed E-state index contributed by atoms with van der Waals surface area (Å²) in [5.74, 6) is -0.000874. The number of hydrogen-bond donors (Lipinski definition) is 1. The third-order valence-electron chi connectivity index (χ3n) is 2.71. The van der Waals surface area contributed by atoms with Gasteiger partial charge in [0, 0.05) is 35.4 Å². The number of nitrogens with one attached hydrogen (secondary N) is 1. The number of ketones is 1. The van der Waals surface area contributed by atoms with Gasteiger partial charge >= 0.3 is 0 Å². The monoisotopic (exact) mass is 252 g/mol. The molecule has 0 atom stereocenters. The fourth-order valence-corrected chi connectivity index (χ4v) is 1.70. The zero-order valence-corrected chi connectivity index (χ0v) is 11.1. The normalized spacial score (nSPS) is 11.2. The summed E-state index contributed by atoms with van der Waals surface area (Å²) in [5, 5.41) is 3.15. The average molecular weight is 252 g/mol. The number of aryl methyl sites for hydroxylation is 1. The van der Waals surface area contributed by atoms with Crippen LogP contribution >= 0.6 is 0 Å². The topological polar surface area (TPSA) is 42.0 Å². The predicted octanol–water partition coefficient (Wildman–Crippen LogP) is 3.59. The van der Waals surface area contributed by atoms with Crippen LogP contribution in [0, 0.1) is 6.92 Å². The molecule has 0 fully saturated rings. The number of nitrogens with zero attached hydrogens (tertiary/aromatic N) is 1. The van der Waals surface area contributed by atoms with Crippen LogP contribution in [0.4, 0.5) is 5.69 Å². The number of carbonyl (C=O) groups excluding carboxylic acids is 1. The molecule has 0 amide bonds. The molecule has 0 radical (unpaired) electrons. The molecule has 1 heterocycles. The van der Waals surface area contributed by atoms with Crippen molar-refractivity contribution in [1.82, 2.24) is 4.98 Å². The first-order valence-electron chi connectivity index (χ1n) is 6.11. The third-order valence-corrected chi connectivity index (χ3v) is 2.71. The van der Waals surface area contributed by atoms with Gasteiger partial charge in [0.2, 0.25) is 0 Å². The molecular weight excluding hydrogens is 236 g/mol. The summed E-state index contributed by atoms with van der Waals surface area (Å²) in [6, 6.07) is 11.3. The van der Waals surface area contributed by atoms with Crippen molar-refractivity contribution >= 4 is 11.5 Å². The van der Waals surface area contributed by atoms with Crippen molar-refractivity contribution in [3.8, 4) is 0 Å². The number of anilines is 1. The predicted molar refractivity (Wildman–Crippen MR) is 77.1 cm³/mol. The number of aromatic nitrogens is 1. The zero-order valence-electron chi connectivity index (χ0n) is 11.1. The van der Waals surface area contributed by atoms with Gasteiger partial charge in [0.1, 0.15) is 0 Å². The summed E-state index contributed by atoms with van der Waals surface area (Å²) in [5.41, 5.74) is 3.56. The van der Waals surface area contributed by atoms with Crippen LogP contribution in [0.5, 0.6) is 0 Å². The Morgan fingerprint density at radius 3 is 2.37 bits per heavy atom. The van der Waals surface area contributed by atoms with Crippen molar-refractivity contribution in [2.75, 3.05) is 5.32 Å². The minimum atomic E-state index is -0.000874. The minimum absolute atomic E-state index is 0.000874. The van der Waals surface area contributed by atoms with Crippen LogP contribution in [0.25, 0.3) is 0 Å². The maximum Gasteiger partial charge on any atom is 0.187 e. The fraction of sp³-hybridized carbons (Fsp3) is 0.125. The molecule has 0 saturated carbocycles. The largest absolute Gasteiger partial charge is 0.359 e. The highest BCUT2D eigenvalue weighted by Crippen LogP contribution is 2.10. The minimum Gasteiger partial charge on any atom is -0.359 e. The first-order chi connectivity index (χ1) is 9.15. The Morgan fingerprint density at radius 2 is 1.74 bits per heavy atom. The maximum atomic E-state index is 12.0. The third kappa shape index (κ3) is 3.78. The van der Waals surface area contributed by atoms with Crippen molar-refractivity contribution in [3.63, 3.8) is 0 Å². The molecule has 3 nitrogen and oxygen atoms in total. The van der Waals surface area contributed by atoms with Crippen molar-refractivity contribution in [2.24, 2.45) is 0 Å². The van der Waals surface area contributed by atoms with E-state index in [4.69, 9.17) is 0 Å². The highest BCUT2D eigenvalue weighted by molar-refractivity contribution is 6.05. The highest BCUT2D eigenvalue weighted by Gasteiger charge is 2.02. The van der Waals surface area contributed by atoms with Crippen LogP contribution in [0.3, 0.4) is 0 Å². The van der Waals surface area contributed by atoms with E-state index < -0.39 is 0 Å². The summed E-state index contributed by atoms with van der Waals surface area (Å²) in [7, 11) is 0. The average Bonchev–Trinajstić information content (AvgIpc) is 2.40. The van der Waals surface area contributed by atoms with Gasteiger partial charge in [-0.15, -0.1) is 0 Å². The molecule has 0 spiro atoms. The molecule has 1 aromatic heterocycles. The molecule has 19 heavy (non-hydrogen) atoms. The first kappa shape index (κ1) is 13.0. The molecular formula is C16H16N2O. The Labute approximate surface area is 113 Å². The van der Waals surface area contributed by atoms with E-state index in [2.05, 4.69) is 10.3 Å². The lowest BCUT2D eigenvalue weighted by Crippen LogP contribution is -2.01. The second-order valence-corrected chi connectivity index (χ2v) is 4.42. The van der Waals surface area contributed by atoms with Crippen LogP contribution in [0.15, 0.2) is 60.6 Å². The van der Waals surface area contributed by atoms with Crippen molar-refractivity contribution in [1.29, 1.82) is 0 Å². The van der Waals surface area contributed by atoms with Gasteiger partial charge in [-0.1, -0.05) is 29.8 Å². The SMILES string of the molecule is C/C(=C\C(=O)c1ccc(C)cc1)Nc1ccncc1. The first-order valence-corrected chi connectivity index (χ1v) is 6.11. The molecule has 0 aliphatic carbocycles. The van der Waals surface area contributed by atoms with Gasteiger partial charge in [-0.25, -0.2) is 0 Å². The number of pyridine rings is 1. The van der Waals surface area contributed by atoms with Gasteiger partial charge in [0.05, 0.1) is 0 Å². The second-order valence-electron chi connectivity index (χ2n) is 4.42. The van der Waals surface area contributed by atoms with E-state index in [9.17, 15) is 4.79 Å². The van der Waals surface area contributed by atoms with Crippen molar-refractivity contribution < 1.29 is 4.79 Å². The van der Waals surface area contributed by atoms with E-state index in [1.54, 1.807) is 18.5 Å². The van der Waals surface area contributed by atoms with Crippen LogP contribution in [-0.4, -0.2) is 10.8 Å². The molecule has 1 N–H and O–H groups in total.